The number of nitro groups is 1. The fraction of sp³-hybridized carbons (Fsp3) is 0.200. The molecule has 110 valence electrons. The predicted octanol–water partition coefficient (Wildman–Crippen LogP) is 3.29. The number of phenolic OH excluding ortho intramolecular Hbond substituents is 1. The lowest BCUT2D eigenvalue weighted by Crippen LogP contribution is -2.19. The Morgan fingerprint density at radius 1 is 1.33 bits per heavy atom. The number of nitro benzene ring substituents is 1. The van der Waals surface area contributed by atoms with Gasteiger partial charge in [-0.3, -0.25) is 10.1 Å². The zero-order valence-corrected chi connectivity index (χ0v) is 11.4. The molecule has 0 spiro atoms. The number of aromatic hydroxyl groups is 1. The molecule has 2 N–H and O–H groups in total. The summed E-state index contributed by atoms with van der Waals surface area (Å²) < 4.78 is 12.9. The van der Waals surface area contributed by atoms with E-state index in [9.17, 15) is 19.6 Å². The maximum Gasteiger partial charge on any atom is 0.273 e. The molecule has 0 amide bonds. The summed E-state index contributed by atoms with van der Waals surface area (Å²) in [5.74, 6) is -0.653. The van der Waals surface area contributed by atoms with Crippen molar-refractivity contribution in [1.29, 1.82) is 0 Å². The average molecular weight is 290 g/mol. The van der Waals surface area contributed by atoms with Crippen molar-refractivity contribution >= 4 is 5.69 Å². The second-order valence-corrected chi connectivity index (χ2v) is 4.69. The van der Waals surface area contributed by atoms with Gasteiger partial charge in [-0.2, -0.15) is 0 Å². The van der Waals surface area contributed by atoms with Crippen LogP contribution in [0.25, 0.3) is 0 Å². The summed E-state index contributed by atoms with van der Waals surface area (Å²) in [6.45, 7) is 2.07. The zero-order chi connectivity index (χ0) is 15.4. The molecule has 0 fully saturated rings. The third kappa shape index (κ3) is 3.55. The molecule has 0 aliphatic carbocycles. The van der Waals surface area contributed by atoms with Crippen molar-refractivity contribution < 1.29 is 14.4 Å². The Kier molecular flexibility index (Phi) is 4.49. The molecule has 0 aliphatic rings. The molecule has 2 aromatic carbocycles. The van der Waals surface area contributed by atoms with Gasteiger partial charge >= 0.3 is 0 Å². The molecule has 0 radical (unpaired) electrons. The van der Waals surface area contributed by atoms with E-state index in [1.807, 2.05) is 0 Å². The van der Waals surface area contributed by atoms with Gasteiger partial charge in [-0.05, 0) is 13.0 Å². The van der Waals surface area contributed by atoms with Crippen molar-refractivity contribution in [2.75, 3.05) is 0 Å². The maximum atomic E-state index is 12.9. The van der Waals surface area contributed by atoms with Crippen LogP contribution >= 0.6 is 0 Å². The molecule has 2 aromatic rings. The van der Waals surface area contributed by atoms with Gasteiger partial charge in [0.1, 0.15) is 11.6 Å². The van der Waals surface area contributed by atoms with Crippen LogP contribution in [0.5, 0.6) is 5.75 Å². The van der Waals surface area contributed by atoms with Crippen LogP contribution in [0.4, 0.5) is 10.1 Å². The molecule has 0 bridgehead atoms. The lowest BCUT2D eigenvalue weighted by Gasteiger charge is -2.15. The Bertz CT molecular complexity index is 661. The lowest BCUT2D eigenvalue weighted by atomic mass is 10.1. The fourth-order valence-corrected chi connectivity index (χ4v) is 2.09. The van der Waals surface area contributed by atoms with Crippen LogP contribution in [0.1, 0.15) is 24.1 Å². The van der Waals surface area contributed by atoms with Gasteiger partial charge in [0.2, 0.25) is 0 Å². The Hall–Kier alpha value is -2.47. The average Bonchev–Trinajstić information content (AvgIpc) is 2.45. The molecule has 1 unspecified atom stereocenters. The number of nitrogens with one attached hydrogen (secondary N) is 1. The maximum absolute atomic E-state index is 12.9. The minimum atomic E-state index is -0.512. The molecule has 2 rings (SSSR count). The number of phenols is 1. The van der Waals surface area contributed by atoms with E-state index in [1.165, 1.54) is 18.2 Å². The van der Waals surface area contributed by atoms with E-state index in [1.54, 1.807) is 25.1 Å². The minimum absolute atomic E-state index is 0.0422. The molecule has 0 saturated carbocycles. The SMILES string of the molecule is CC(NCc1ccccc1[N+](=O)[O-])c1ccc(F)cc1O. The van der Waals surface area contributed by atoms with Crippen molar-refractivity contribution in [1.82, 2.24) is 5.32 Å². The number of hydrogen-bond donors (Lipinski definition) is 2. The van der Waals surface area contributed by atoms with Gasteiger partial charge in [-0.1, -0.05) is 24.3 Å². The summed E-state index contributed by atoms with van der Waals surface area (Å²) in [4.78, 5) is 10.5. The first-order chi connectivity index (χ1) is 9.99. The summed E-state index contributed by atoms with van der Waals surface area (Å²) in [7, 11) is 0. The van der Waals surface area contributed by atoms with Crippen LogP contribution < -0.4 is 5.32 Å². The molecule has 5 nitrogen and oxygen atoms in total. The standard InChI is InChI=1S/C15H15FN2O3/c1-10(13-7-6-12(16)8-15(13)19)17-9-11-4-2-3-5-14(11)18(20)21/h2-8,10,17,19H,9H2,1H3. The lowest BCUT2D eigenvalue weighted by molar-refractivity contribution is -0.385. The number of hydrogen-bond acceptors (Lipinski definition) is 4. The van der Waals surface area contributed by atoms with E-state index in [-0.39, 0.29) is 24.0 Å². The van der Waals surface area contributed by atoms with E-state index in [0.29, 0.717) is 11.1 Å². The van der Waals surface area contributed by atoms with Gasteiger partial charge in [0.05, 0.1) is 4.92 Å². The predicted molar refractivity (Wildman–Crippen MR) is 76.4 cm³/mol. The van der Waals surface area contributed by atoms with Crippen LogP contribution in [0.2, 0.25) is 0 Å². The molecule has 0 heterocycles. The number of benzene rings is 2. The van der Waals surface area contributed by atoms with Gasteiger partial charge in [-0.25, -0.2) is 4.39 Å². The summed E-state index contributed by atoms with van der Waals surface area (Å²) in [6, 6.07) is 9.96. The van der Waals surface area contributed by atoms with Gasteiger partial charge in [0.25, 0.3) is 5.69 Å². The Labute approximate surface area is 121 Å². The van der Waals surface area contributed by atoms with Crippen molar-refractivity contribution in [3.63, 3.8) is 0 Å². The van der Waals surface area contributed by atoms with Crippen molar-refractivity contribution in [3.8, 4) is 5.75 Å². The molecular weight excluding hydrogens is 275 g/mol. The third-order valence-electron chi connectivity index (χ3n) is 3.25. The molecule has 6 heteroatoms. The van der Waals surface area contributed by atoms with Gasteiger partial charge in [-0.15, -0.1) is 0 Å². The Morgan fingerprint density at radius 3 is 2.71 bits per heavy atom. The summed E-state index contributed by atoms with van der Waals surface area (Å²) in [5.41, 5.74) is 1.13. The molecule has 0 aromatic heterocycles. The first kappa shape index (κ1) is 14.9. The second kappa shape index (κ2) is 6.32. The third-order valence-corrected chi connectivity index (χ3v) is 3.25. The molecule has 0 saturated heterocycles. The second-order valence-electron chi connectivity index (χ2n) is 4.69. The summed E-state index contributed by atoms with van der Waals surface area (Å²) in [5, 5.41) is 23.7. The molecular formula is C15H15FN2O3. The van der Waals surface area contributed by atoms with Gasteiger partial charge in [0, 0.05) is 35.8 Å². The number of rotatable bonds is 5. The topological polar surface area (TPSA) is 75.4 Å². The Morgan fingerprint density at radius 2 is 2.05 bits per heavy atom. The van der Waals surface area contributed by atoms with E-state index < -0.39 is 10.7 Å². The van der Waals surface area contributed by atoms with Gasteiger partial charge in [0.15, 0.2) is 0 Å². The summed E-state index contributed by atoms with van der Waals surface area (Å²) >= 11 is 0. The van der Waals surface area contributed by atoms with E-state index in [4.69, 9.17) is 0 Å². The number of para-hydroxylation sites is 1. The fourth-order valence-electron chi connectivity index (χ4n) is 2.09. The first-order valence-corrected chi connectivity index (χ1v) is 6.43. The number of halogens is 1. The molecule has 0 aliphatic heterocycles. The highest BCUT2D eigenvalue weighted by atomic mass is 19.1. The first-order valence-electron chi connectivity index (χ1n) is 6.43. The normalized spacial score (nSPS) is 12.1. The van der Waals surface area contributed by atoms with Crippen molar-refractivity contribution in [2.45, 2.75) is 19.5 Å². The zero-order valence-electron chi connectivity index (χ0n) is 11.4. The van der Waals surface area contributed by atoms with Crippen LogP contribution in [0, 0.1) is 15.9 Å². The summed E-state index contributed by atoms with van der Waals surface area (Å²) in [6.07, 6.45) is 0. The molecule has 21 heavy (non-hydrogen) atoms. The minimum Gasteiger partial charge on any atom is -0.508 e. The highest BCUT2D eigenvalue weighted by Gasteiger charge is 2.15. The smallest absolute Gasteiger partial charge is 0.273 e. The van der Waals surface area contributed by atoms with E-state index >= 15 is 0 Å². The highest BCUT2D eigenvalue weighted by Crippen LogP contribution is 2.25. The van der Waals surface area contributed by atoms with Crippen LogP contribution in [-0.2, 0) is 6.54 Å². The monoisotopic (exact) mass is 290 g/mol. The van der Waals surface area contributed by atoms with E-state index in [2.05, 4.69) is 5.32 Å². The van der Waals surface area contributed by atoms with Gasteiger partial charge < -0.3 is 10.4 Å². The molecule has 1 atom stereocenters. The van der Waals surface area contributed by atoms with E-state index in [0.717, 1.165) is 6.07 Å². The highest BCUT2D eigenvalue weighted by molar-refractivity contribution is 5.40. The number of nitrogens with zero attached hydrogens (tertiary/aromatic N) is 1. The largest absolute Gasteiger partial charge is 0.508 e. The van der Waals surface area contributed by atoms with Crippen molar-refractivity contribution in [2.24, 2.45) is 0 Å². The van der Waals surface area contributed by atoms with Crippen LogP contribution in [0.3, 0.4) is 0 Å². The van der Waals surface area contributed by atoms with Crippen LogP contribution in [0.15, 0.2) is 42.5 Å². The van der Waals surface area contributed by atoms with Crippen molar-refractivity contribution in [3.05, 3.63) is 69.5 Å². The quantitative estimate of drug-likeness (QED) is 0.654. The Balaban J connectivity index is 2.11. The van der Waals surface area contributed by atoms with Crippen LogP contribution in [-0.4, -0.2) is 10.0 Å².